The molecule has 1 nitrogen and oxygen atoms in total. The summed E-state index contributed by atoms with van der Waals surface area (Å²) in [5.74, 6) is 0. The molecule has 0 atom stereocenters. The summed E-state index contributed by atoms with van der Waals surface area (Å²) in [5, 5.41) is 0. The van der Waals surface area contributed by atoms with E-state index >= 15 is 0 Å². The molecular formula is C15H17NS. The van der Waals surface area contributed by atoms with E-state index in [0.29, 0.717) is 0 Å². The summed E-state index contributed by atoms with van der Waals surface area (Å²) in [6.45, 7) is 0. The zero-order valence-corrected chi connectivity index (χ0v) is 10.9. The van der Waals surface area contributed by atoms with Gasteiger partial charge in [-0.1, -0.05) is 12.1 Å². The Morgan fingerprint density at radius 3 is 2.53 bits per heavy atom. The molecule has 0 radical (unpaired) electrons. The lowest BCUT2D eigenvalue weighted by molar-refractivity contribution is 0.817. The summed E-state index contributed by atoms with van der Waals surface area (Å²) >= 11 is 1.80. The third-order valence-electron chi connectivity index (χ3n) is 2.81. The number of aryl methyl sites for hydroxylation is 2. The zero-order valence-electron chi connectivity index (χ0n) is 10.1. The van der Waals surface area contributed by atoms with E-state index in [9.17, 15) is 0 Å². The fourth-order valence-electron chi connectivity index (χ4n) is 1.87. The maximum Gasteiger partial charge on any atom is 0.0270 e. The summed E-state index contributed by atoms with van der Waals surface area (Å²) in [5.41, 5.74) is 2.81. The van der Waals surface area contributed by atoms with E-state index in [1.54, 1.807) is 11.8 Å². The Balaban J connectivity index is 1.86. The van der Waals surface area contributed by atoms with Gasteiger partial charge in [-0.05, 0) is 60.9 Å². The molecular weight excluding hydrogens is 226 g/mol. The van der Waals surface area contributed by atoms with Crippen molar-refractivity contribution in [2.24, 2.45) is 0 Å². The summed E-state index contributed by atoms with van der Waals surface area (Å²) in [6, 6.07) is 13.0. The Labute approximate surface area is 107 Å². The number of nitrogens with zero attached hydrogens (tertiary/aromatic N) is 1. The van der Waals surface area contributed by atoms with Gasteiger partial charge in [-0.25, -0.2) is 0 Å². The summed E-state index contributed by atoms with van der Waals surface area (Å²) in [7, 11) is 0. The van der Waals surface area contributed by atoms with Gasteiger partial charge < -0.3 is 0 Å². The first kappa shape index (κ1) is 12.2. The molecule has 0 saturated carbocycles. The normalized spacial score (nSPS) is 10.4. The van der Waals surface area contributed by atoms with Crippen molar-refractivity contribution in [3.63, 3.8) is 0 Å². The molecule has 0 spiro atoms. The predicted octanol–water partition coefficient (Wildman–Crippen LogP) is 3.98. The van der Waals surface area contributed by atoms with Gasteiger partial charge in [0, 0.05) is 17.3 Å². The zero-order chi connectivity index (χ0) is 11.9. The lowest BCUT2D eigenvalue weighted by Gasteiger charge is -2.04. The first-order valence-electron chi connectivity index (χ1n) is 5.90. The number of hydrogen-bond acceptors (Lipinski definition) is 2. The van der Waals surface area contributed by atoms with Crippen molar-refractivity contribution < 1.29 is 0 Å². The van der Waals surface area contributed by atoms with Gasteiger partial charge in [-0.2, -0.15) is 0 Å². The molecule has 1 aromatic heterocycles. The van der Waals surface area contributed by atoms with Crippen LogP contribution in [0.5, 0.6) is 0 Å². The largest absolute Gasteiger partial charge is 0.265 e. The second-order valence-corrected chi connectivity index (χ2v) is 4.94. The smallest absolute Gasteiger partial charge is 0.0270 e. The molecule has 1 heterocycles. The van der Waals surface area contributed by atoms with E-state index in [2.05, 4.69) is 47.6 Å². The second kappa shape index (κ2) is 6.45. The van der Waals surface area contributed by atoms with Crippen LogP contribution in [0.1, 0.15) is 17.5 Å². The van der Waals surface area contributed by atoms with Crippen LogP contribution in [-0.4, -0.2) is 11.2 Å². The minimum absolute atomic E-state index is 1.13. The molecule has 0 saturated heterocycles. The van der Waals surface area contributed by atoms with Crippen LogP contribution >= 0.6 is 11.8 Å². The Kier molecular flexibility index (Phi) is 4.63. The average molecular weight is 243 g/mol. The van der Waals surface area contributed by atoms with Crippen LogP contribution in [0.4, 0.5) is 0 Å². The van der Waals surface area contributed by atoms with Crippen LogP contribution in [0.2, 0.25) is 0 Å². The molecule has 0 unspecified atom stereocenters. The number of pyridine rings is 1. The molecule has 2 heteroatoms. The van der Waals surface area contributed by atoms with Crippen LogP contribution in [-0.2, 0) is 12.8 Å². The summed E-state index contributed by atoms with van der Waals surface area (Å²) in [6.07, 6.45) is 9.33. The monoisotopic (exact) mass is 243 g/mol. The SMILES string of the molecule is CSc1cccc(CCCc2ccncc2)c1. The number of rotatable bonds is 5. The fraction of sp³-hybridized carbons (Fsp3) is 0.267. The van der Waals surface area contributed by atoms with E-state index in [4.69, 9.17) is 0 Å². The molecule has 17 heavy (non-hydrogen) atoms. The summed E-state index contributed by atoms with van der Waals surface area (Å²) in [4.78, 5) is 5.38. The second-order valence-electron chi connectivity index (χ2n) is 4.06. The van der Waals surface area contributed by atoms with Crippen LogP contribution in [0.3, 0.4) is 0 Å². The summed E-state index contributed by atoms with van der Waals surface area (Å²) < 4.78 is 0. The third-order valence-corrected chi connectivity index (χ3v) is 3.54. The minimum Gasteiger partial charge on any atom is -0.265 e. The average Bonchev–Trinajstić information content (AvgIpc) is 2.40. The number of thioether (sulfide) groups is 1. The highest BCUT2D eigenvalue weighted by molar-refractivity contribution is 7.98. The quantitative estimate of drug-likeness (QED) is 0.737. The first-order valence-corrected chi connectivity index (χ1v) is 7.13. The first-order chi connectivity index (χ1) is 8.38. The van der Waals surface area contributed by atoms with Crippen LogP contribution in [0.15, 0.2) is 53.7 Å². The fourth-order valence-corrected chi connectivity index (χ4v) is 2.36. The molecule has 0 N–H and O–H groups in total. The number of aromatic nitrogens is 1. The van der Waals surface area contributed by atoms with E-state index in [1.165, 1.54) is 22.4 Å². The lowest BCUT2D eigenvalue weighted by atomic mass is 10.1. The topological polar surface area (TPSA) is 12.9 Å². The molecule has 2 aromatic rings. The number of hydrogen-bond donors (Lipinski definition) is 0. The maximum atomic E-state index is 4.03. The van der Waals surface area contributed by atoms with Crippen molar-refractivity contribution in [3.8, 4) is 0 Å². The molecule has 0 aliphatic rings. The van der Waals surface area contributed by atoms with E-state index < -0.39 is 0 Å². The van der Waals surface area contributed by atoms with Gasteiger partial charge in [0.25, 0.3) is 0 Å². The van der Waals surface area contributed by atoms with Gasteiger partial charge in [0.05, 0.1) is 0 Å². The Morgan fingerprint density at radius 2 is 1.76 bits per heavy atom. The number of benzene rings is 1. The van der Waals surface area contributed by atoms with Gasteiger partial charge in [0.1, 0.15) is 0 Å². The highest BCUT2D eigenvalue weighted by Crippen LogP contribution is 2.17. The van der Waals surface area contributed by atoms with Gasteiger partial charge in [0.2, 0.25) is 0 Å². The highest BCUT2D eigenvalue weighted by Gasteiger charge is 1.97. The van der Waals surface area contributed by atoms with Crippen molar-refractivity contribution in [2.45, 2.75) is 24.2 Å². The Morgan fingerprint density at radius 1 is 1.00 bits per heavy atom. The van der Waals surface area contributed by atoms with Gasteiger partial charge >= 0.3 is 0 Å². The van der Waals surface area contributed by atoms with E-state index in [0.717, 1.165) is 12.8 Å². The molecule has 0 bridgehead atoms. The van der Waals surface area contributed by atoms with Crippen LogP contribution < -0.4 is 0 Å². The molecule has 0 aliphatic carbocycles. The minimum atomic E-state index is 1.13. The molecule has 2 rings (SSSR count). The maximum absolute atomic E-state index is 4.03. The third kappa shape index (κ3) is 3.90. The van der Waals surface area contributed by atoms with Crippen molar-refractivity contribution >= 4 is 11.8 Å². The van der Waals surface area contributed by atoms with Crippen LogP contribution in [0, 0.1) is 0 Å². The van der Waals surface area contributed by atoms with E-state index in [-0.39, 0.29) is 0 Å². The molecule has 0 amide bonds. The van der Waals surface area contributed by atoms with Crippen molar-refractivity contribution in [2.75, 3.05) is 6.26 Å². The standard InChI is InChI=1S/C15H17NS/c1-17-15-7-3-6-14(12-15)5-2-4-13-8-10-16-11-9-13/h3,6-12H,2,4-5H2,1H3. The molecule has 88 valence electrons. The van der Waals surface area contributed by atoms with Crippen molar-refractivity contribution in [3.05, 3.63) is 59.9 Å². The lowest BCUT2D eigenvalue weighted by Crippen LogP contribution is -1.90. The van der Waals surface area contributed by atoms with Crippen molar-refractivity contribution in [1.82, 2.24) is 4.98 Å². The van der Waals surface area contributed by atoms with Crippen molar-refractivity contribution in [1.29, 1.82) is 0 Å². The van der Waals surface area contributed by atoms with Gasteiger partial charge in [-0.3, -0.25) is 4.98 Å². The van der Waals surface area contributed by atoms with E-state index in [1.807, 2.05) is 12.4 Å². The molecule has 0 aliphatic heterocycles. The molecule has 1 aromatic carbocycles. The Bertz CT molecular complexity index is 453. The van der Waals surface area contributed by atoms with Gasteiger partial charge in [0.15, 0.2) is 0 Å². The molecule has 0 fully saturated rings. The highest BCUT2D eigenvalue weighted by atomic mass is 32.2. The van der Waals surface area contributed by atoms with Crippen LogP contribution in [0.25, 0.3) is 0 Å². The predicted molar refractivity (Wildman–Crippen MR) is 74.5 cm³/mol. The Hall–Kier alpha value is -1.28. The van der Waals surface area contributed by atoms with Gasteiger partial charge in [-0.15, -0.1) is 11.8 Å².